The molecule has 26 heavy (non-hydrogen) atoms. The summed E-state index contributed by atoms with van der Waals surface area (Å²) in [6.45, 7) is 1.48. The van der Waals surface area contributed by atoms with Crippen LogP contribution in [0.25, 0.3) is 11.2 Å². The van der Waals surface area contributed by atoms with Gasteiger partial charge in [-0.05, 0) is 0 Å². The zero-order chi connectivity index (χ0) is 19.6. The highest BCUT2D eigenvalue weighted by Crippen LogP contribution is 2.25. The van der Waals surface area contributed by atoms with Crippen LogP contribution in [0.15, 0.2) is 15.9 Å². The van der Waals surface area contributed by atoms with Crippen molar-refractivity contribution in [2.24, 2.45) is 14.1 Å². The lowest BCUT2D eigenvalue weighted by molar-refractivity contribution is -0.135. The molecule has 2 aromatic rings. The van der Waals surface area contributed by atoms with Gasteiger partial charge in [-0.1, -0.05) is 34.8 Å². The number of ether oxygens (including phenoxy) is 2. The van der Waals surface area contributed by atoms with Crippen LogP contribution in [0.2, 0.25) is 0 Å². The van der Waals surface area contributed by atoms with Crippen LogP contribution in [0.1, 0.15) is 0 Å². The number of aromatic nitrogens is 4. The fourth-order valence-corrected chi connectivity index (χ4v) is 2.21. The first-order valence-corrected chi connectivity index (χ1v) is 8.31. The second-order valence-corrected chi connectivity index (χ2v) is 7.53. The molecule has 0 bridgehead atoms. The van der Waals surface area contributed by atoms with Crippen molar-refractivity contribution in [2.75, 3.05) is 13.2 Å². The summed E-state index contributed by atoms with van der Waals surface area (Å²) >= 11 is 14.4. The third-order valence-electron chi connectivity index (χ3n) is 3.50. The molecular formula is C13H15Cl3N4O6. The number of halogens is 3. The van der Waals surface area contributed by atoms with Gasteiger partial charge in [0.05, 0.1) is 26.1 Å². The van der Waals surface area contributed by atoms with Gasteiger partial charge < -0.3 is 19.1 Å². The van der Waals surface area contributed by atoms with E-state index in [-0.39, 0.29) is 11.8 Å². The molecule has 3 heterocycles. The summed E-state index contributed by atoms with van der Waals surface area (Å²) in [4.78, 5) is 37.7. The number of aliphatic carboxylic acids is 1. The topological polar surface area (TPSA) is 118 Å². The highest BCUT2D eigenvalue weighted by atomic mass is 35.6. The number of rotatable bonds is 2. The summed E-state index contributed by atoms with van der Waals surface area (Å²) < 4.78 is 12.6. The maximum Gasteiger partial charge on any atom is 0.356 e. The lowest BCUT2D eigenvalue weighted by Gasteiger charge is -2.10. The SMILES string of the molecule is Cn1c(=O)c2c(ncn2CC2OCCO2)n(C)c1=O.O=C(O)C(Cl)(Cl)Cl. The van der Waals surface area contributed by atoms with Crippen molar-refractivity contribution in [3.63, 3.8) is 0 Å². The van der Waals surface area contributed by atoms with E-state index in [9.17, 15) is 14.4 Å². The van der Waals surface area contributed by atoms with Gasteiger partial charge in [0.1, 0.15) is 0 Å². The van der Waals surface area contributed by atoms with E-state index in [1.54, 1.807) is 11.6 Å². The summed E-state index contributed by atoms with van der Waals surface area (Å²) in [6.07, 6.45) is 1.15. The number of carboxylic acids is 1. The quantitative estimate of drug-likeness (QED) is 0.680. The number of fused-ring (bicyclic) bond motifs is 1. The predicted octanol–water partition coefficient (Wildman–Crippen LogP) is 0.248. The molecule has 0 spiro atoms. The molecule has 2 aromatic heterocycles. The molecule has 1 aliphatic rings. The van der Waals surface area contributed by atoms with Crippen molar-refractivity contribution in [1.82, 2.24) is 18.7 Å². The van der Waals surface area contributed by atoms with E-state index in [0.29, 0.717) is 30.9 Å². The number of carbonyl (C=O) groups is 1. The smallest absolute Gasteiger partial charge is 0.356 e. The minimum Gasteiger partial charge on any atom is -0.478 e. The summed E-state index contributed by atoms with van der Waals surface area (Å²) in [5, 5.41) is 7.85. The van der Waals surface area contributed by atoms with Crippen LogP contribution < -0.4 is 11.2 Å². The van der Waals surface area contributed by atoms with Crippen LogP contribution >= 0.6 is 34.8 Å². The molecule has 3 rings (SSSR count). The lowest BCUT2D eigenvalue weighted by atomic mass is 10.5. The average molecular weight is 430 g/mol. The molecule has 0 aliphatic carbocycles. The summed E-state index contributed by atoms with van der Waals surface area (Å²) in [7, 11) is 3.04. The molecule has 0 unspecified atom stereocenters. The molecule has 0 saturated carbocycles. The van der Waals surface area contributed by atoms with Gasteiger partial charge in [0.2, 0.25) is 0 Å². The van der Waals surface area contributed by atoms with E-state index in [0.717, 1.165) is 4.57 Å². The Kier molecular flexibility index (Phi) is 6.35. The third-order valence-corrected chi connectivity index (χ3v) is 3.98. The van der Waals surface area contributed by atoms with Crippen LogP contribution in [-0.4, -0.2) is 53.1 Å². The number of imidazole rings is 1. The van der Waals surface area contributed by atoms with Gasteiger partial charge in [-0.2, -0.15) is 0 Å². The molecule has 1 saturated heterocycles. The van der Waals surface area contributed by atoms with Crippen LogP contribution in [0.4, 0.5) is 0 Å². The molecule has 10 nitrogen and oxygen atoms in total. The average Bonchev–Trinajstić information content (AvgIpc) is 3.21. The zero-order valence-electron chi connectivity index (χ0n) is 13.7. The monoisotopic (exact) mass is 428 g/mol. The first-order chi connectivity index (χ1) is 12.0. The first-order valence-electron chi connectivity index (χ1n) is 7.18. The maximum absolute atomic E-state index is 12.2. The van der Waals surface area contributed by atoms with E-state index >= 15 is 0 Å². The number of hydrogen-bond donors (Lipinski definition) is 1. The van der Waals surface area contributed by atoms with Gasteiger partial charge in [0, 0.05) is 14.1 Å². The zero-order valence-corrected chi connectivity index (χ0v) is 16.0. The van der Waals surface area contributed by atoms with E-state index in [4.69, 9.17) is 49.4 Å². The van der Waals surface area contributed by atoms with Crippen LogP contribution in [-0.2, 0) is 34.9 Å². The number of nitrogens with zero attached hydrogens (tertiary/aromatic N) is 4. The van der Waals surface area contributed by atoms with Crippen molar-refractivity contribution < 1.29 is 19.4 Å². The summed E-state index contributed by atoms with van der Waals surface area (Å²) in [5.41, 5.74) is -0.0143. The third kappa shape index (κ3) is 4.38. The van der Waals surface area contributed by atoms with Gasteiger partial charge >= 0.3 is 11.7 Å². The normalized spacial score (nSPS) is 15.1. The van der Waals surface area contributed by atoms with Crippen molar-refractivity contribution in [1.29, 1.82) is 0 Å². The Labute approximate surface area is 161 Å². The molecular weight excluding hydrogens is 415 g/mol. The van der Waals surface area contributed by atoms with E-state index in [1.165, 1.54) is 17.9 Å². The Hall–Kier alpha value is -1.59. The second kappa shape index (κ2) is 7.97. The molecule has 1 N–H and O–H groups in total. The Morgan fingerprint density at radius 2 is 1.81 bits per heavy atom. The van der Waals surface area contributed by atoms with Gasteiger partial charge in [-0.3, -0.25) is 13.9 Å². The van der Waals surface area contributed by atoms with Crippen LogP contribution in [0.5, 0.6) is 0 Å². The second-order valence-electron chi connectivity index (χ2n) is 5.25. The molecule has 0 amide bonds. The van der Waals surface area contributed by atoms with Gasteiger partial charge in [0.15, 0.2) is 17.5 Å². The standard InChI is InChI=1S/C11H14N4O4.C2HCl3O2/c1-13-9-8(10(16)14(2)11(13)17)15(6-12-9)5-7-18-3-4-19-7;3-2(4,5)1(6)7/h6-7H,3-5H2,1-2H3;(H,6,7). The molecule has 144 valence electrons. The summed E-state index contributed by atoms with van der Waals surface area (Å²) in [5.74, 6) is -1.46. The maximum atomic E-state index is 12.2. The van der Waals surface area contributed by atoms with Gasteiger partial charge in [-0.25, -0.2) is 14.6 Å². The Morgan fingerprint density at radius 3 is 2.31 bits per heavy atom. The molecule has 0 radical (unpaired) electrons. The van der Waals surface area contributed by atoms with Gasteiger partial charge in [0.25, 0.3) is 9.35 Å². The number of carboxylic acid groups (broad SMARTS) is 1. The highest BCUT2D eigenvalue weighted by molar-refractivity contribution is 6.75. The Bertz CT molecular complexity index is 923. The largest absolute Gasteiger partial charge is 0.478 e. The van der Waals surface area contributed by atoms with E-state index in [2.05, 4.69) is 4.98 Å². The molecule has 1 fully saturated rings. The van der Waals surface area contributed by atoms with E-state index in [1.807, 2.05) is 0 Å². The molecule has 0 atom stereocenters. The fourth-order valence-electron chi connectivity index (χ4n) is 2.21. The van der Waals surface area contributed by atoms with Crippen LogP contribution in [0, 0.1) is 0 Å². The molecule has 0 aromatic carbocycles. The number of hydrogen-bond acceptors (Lipinski definition) is 6. The van der Waals surface area contributed by atoms with Crippen molar-refractivity contribution in [2.45, 2.75) is 16.6 Å². The predicted molar refractivity (Wildman–Crippen MR) is 93.8 cm³/mol. The lowest BCUT2D eigenvalue weighted by Crippen LogP contribution is -2.37. The van der Waals surface area contributed by atoms with Gasteiger partial charge in [-0.15, -0.1) is 0 Å². The van der Waals surface area contributed by atoms with Crippen LogP contribution in [0.3, 0.4) is 0 Å². The van der Waals surface area contributed by atoms with E-state index < -0.39 is 15.5 Å². The Morgan fingerprint density at radius 1 is 1.27 bits per heavy atom. The fraction of sp³-hybridized carbons (Fsp3) is 0.538. The molecule has 1 aliphatic heterocycles. The minimum absolute atomic E-state index is 0.367. The Balaban J connectivity index is 0.000000298. The number of aryl methyl sites for hydroxylation is 1. The van der Waals surface area contributed by atoms with Crippen molar-refractivity contribution in [3.05, 3.63) is 27.2 Å². The molecule has 13 heteroatoms. The van der Waals surface area contributed by atoms with Crippen molar-refractivity contribution in [3.8, 4) is 0 Å². The minimum atomic E-state index is -2.17. The highest BCUT2D eigenvalue weighted by Gasteiger charge is 2.29. The first kappa shape index (κ1) is 20.7. The number of alkyl halides is 3. The van der Waals surface area contributed by atoms with Crippen molar-refractivity contribution >= 4 is 51.9 Å². The summed E-state index contributed by atoms with van der Waals surface area (Å²) in [6, 6.07) is 0.